The van der Waals surface area contributed by atoms with E-state index in [0.29, 0.717) is 37.0 Å². The van der Waals surface area contributed by atoms with E-state index in [2.05, 4.69) is 13.5 Å². The Bertz CT molecular complexity index is 830. The molecule has 1 aromatic carbocycles. The van der Waals surface area contributed by atoms with E-state index in [4.69, 9.17) is 0 Å². The third-order valence-electron chi connectivity index (χ3n) is 4.21. The number of halogens is 3. The Balaban J connectivity index is 1.58. The second-order valence-corrected chi connectivity index (χ2v) is 8.34. The lowest BCUT2D eigenvalue weighted by molar-refractivity contribution is -0.148. The topological polar surface area (TPSA) is 75.2 Å². The number of likely N-dealkylation sites (tertiary alicyclic amines) is 1. The molecule has 1 aliphatic heterocycles. The van der Waals surface area contributed by atoms with Gasteiger partial charge in [0, 0.05) is 6.54 Å². The molecule has 2 heterocycles. The Kier molecular flexibility index (Phi) is 5.28. The highest BCUT2D eigenvalue weighted by molar-refractivity contribution is 7.89. The Labute approximate surface area is 147 Å². The minimum Gasteiger partial charge on any atom is -0.295 e. The van der Waals surface area contributed by atoms with E-state index >= 15 is 0 Å². The van der Waals surface area contributed by atoms with Crippen molar-refractivity contribution < 1.29 is 21.6 Å². The van der Waals surface area contributed by atoms with Gasteiger partial charge in [0.2, 0.25) is 10.0 Å². The highest BCUT2D eigenvalue weighted by atomic mass is 32.2. The van der Waals surface area contributed by atoms with Gasteiger partial charge in [-0.2, -0.15) is 21.9 Å². The van der Waals surface area contributed by atoms with E-state index in [1.165, 1.54) is 11.0 Å². The van der Waals surface area contributed by atoms with Crippen molar-refractivity contribution in [3.63, 3.8) is 0 Å². The summed E-state index contributed by atoms with van der Waals surface area (Å²) >= 11 is 0.944. The fourth-order valence-electron chi connectivity index (χ4n) is 2.91. The summed E-state index contributed by atoms with van der Waals surface area (Å²) in [5.41, 5.74) is 0.855. The van der Waals surface area contributed by atoms with E-state index in [1.54, 1.807) is 12.1 Å². The summed E-state index contributed by atoms with van der Waals surface area (Å²) in [6.45, 7) is -0.0740. The Morgan fingerprint density at radius 1 is 1.24 bits per heavy atom. The first kappa shape index (κ1) is 18.5. The molecule has 0 bridgehead atoms. The van der Waals surface area contributed by atoms with Crippen LogP contribution in [0.2, 0.25) is 0 Å². The third-order valence-corrected chi connectivity index (χ3v) is 6.21. The molecule has 1 saturated heterocycles. The Hall–Kier alpha value is -1.30. The molecule has 1 N–H and O–H groups in total. The molecule has 3 rings (SSSR count). The molecule has 1 aromatic heterocycles. The van der Waals surface area contributed by atoms with Crippen LogP contribution in [0, 0.1) is 5.92 Å². The van der Waals surface area contributed by atoms with Gasteiger partial charge in [0.25, 0.3) is 0 Å². The van der Waals surface area contributed by atoms with Gasteiger partial charge in [-0.25, -0.2) is 13.1 Å². The molecule has 0 spiro atoms. The van der Waals surface area contributed by atoms with Crippen molar-refractivity contribution in [3.8, 4) is 0 Å². The van der Waals surface area contributed by atoms with Crippen LogP contribution in [0.3, 0.4) is 0 Å². The van der Waals surface area contributed by atoms with Gasteiger partial charge in [-0.15, -0.1) is 0 Å². The van der Waals surface area contributed by atoms with Crippen LogP contribution in [0.5, 0.6) is 0 Å². The summed E-state index contributed by atoms with van der Waals surface area (Å²) < 4.78 is 72.8. The van der Waals surface area contributed by atoms with Crippen molar-refractivity contribution in [2.24, 2.45) is 5.92 Å². The van der Waals surface area contributed by atoms with E-state index in [1.807, 2.05) is 0 Å². The van der Waals surface area contributed by atoms with Crippen LogP contribution in [0.1, 0.15) is 12.8 Å². The lowest BCUT2D eigenvalue weighted by Gasteiger charge is -2.32. The quantitative estimate of drug-likeness (QED) is 0.842. The first-order chi connectivity index (χ1) is 11.7. The predicted octanol–water partition coefficient (Wildman–Crippen LogP) is 2.24. The zero-order valence-electron chi connectivity index (χ0n) is 13.2. The number of benzene rings is 1. The van der Waals surface area contributed by atoms with Crippen LogP contribution in [-0.2, 0) is 10.0 Å². The molecule has 0 saturated carbocycles. The van der Waals surface area contributed by atoms with Crippen LogP contribution in [0.15, 0.2) is 23.1 Å². The standard InChI is InChI=1S/C14H17F3N4O2S2/c15-14(16,17)9-21-6-4-10(5-7-21)8-18-25(22,23)12-3-1-2-11-13(12)20-24-19-11/h1-3,10,18H,4-9H2. The normalized spacial score (nSPS) is 18.0. The summed E-state index contributed by atoms with van der Waals surface area (Å²) in [5, 5.41) is 0. The predicted molar refractivity (Wildman–Crippen MR) is 87.8 cm³/mol. The SMILES string of the molecule is O=S(=O)(NCC1CCN(CC(F)(F)F)CC1)c1cccc2nsnc12. The van der Waals surface area contributed by atoms with Gasteiger partial charge in [-0.3, -0.25) is 4.90 Å². The van der Waals surface area contributed by atoms with Crippen LogP contribution in [0.25, 0.3) is 11.0 Å². The molecule has 0 unspecified atom stereocenters. The van der Waals surface area contributed by atoms with Gasteiger partial charge >= 0.3 is 6.18 Å². The molecule has 11 heteroatoms. The largest absolute Gasteiger partial charge is 0.401 e. The highest BCUT2D eigenvalue weighted by Crippen LogP contribution is 2.24. The fraction of sp³-hybridized carbons (Fsp3) is 0.571. The van der Waals surface area contributed by atoms with Crippen molar-refractivity contribution in [2.75, 3.05) is 26.2 Å². The van der Waals surface area contributed by atoms with Crippen LogP contribution in [0.4, 0.5) is 13.2 Å². The van der Waals surface area contributed by atoms with Crippen LogP contribution < -0.4 is 4.72 Å². The van der Waals surface area contributed by atoms with Crippen molar-refractivity contribution in [1.82, 2.24) is 18.4 Å². The number of hydrogen-bond acceptors (Lipinski definition) is 6. The molecule has 0 atom stereocenters. The van der Waals surface area contributed by atoms with Crippen molar-refractivity contribution in [1.29, 1.82) is 0 Å². The number of rotatable bonds is 5. The van der Waals surface area contributed by atoms with E-state index in [0.717, 1.165) is 11.7 Å². The minimum absolute atomic E-state index is 0.0204. The maximum absolute atomic E-state index is 12.5. The summed E-state index contributed by atoms with van der Waals surface area (Å²) in [5.74, 6) is 0.0204. The monoisotopic (exact) mass is 394 g/mol. The van der Waals surface area contributed by atoms with Gasteiger partial charge in [0.1, 0.15) is 15.9 Å². The number of alkyl halides is 3. The lowest BCUT2D eigenvalue weighted by atomic mass is 9.97. The average molecular weight is 394 g/mol. The first-order valence-electron chi connectivity index (χ1n) is 7.75. The van der Waals surface area contributed by atoms with Crippen molar-refractivity contribution >= 4 is 32.8 Å². The number of sulfonamides is 1. The van der Waals surface area contributed by atoms with Crippen LogP contribution >= 0.6 is 11.7 Å². The van der Waals surface area contributed by atoms with E-state index < -0.39 is 22.7 Å². The maximum atomic E-state index is 12.5. The Morgan fingerprint density at radius 2 is 1.96 bits per heavy atom. The summed E-state index contributed by atoms with van der Waals surface area (Å²) in [4.78, 5) is 1.43. The average Bonchev–Trinajstić information content (AvgIpc) is 3.01. The molecule has 2 aromatic rings. The van der Waals surface area contributed by atoms with Gasteiger partial charge < -0.3 is 0 Å². The number of hydrogen-bond donors (Lipinski definition) is 1. The molecule has 1 aliphatic rings. The Morgan fingerprint density at radius 3 is 2.64 bits per heavy atom. The number of nitrogens with zero attached hydrogens (tertiary/aromatic N) is 3. The number of aromatic nitrogens is 2. The van der Waals surface area contributed by atoms with Gasteiger partial charge in [-0.1, -0.05) is 6.07 Å². The van der Waals surface area contributed by atoms with Crippen molar-refractivity contribution in [3.05, 3.63) is 18.2 Å². The minimum atomic E-state index is -4.20. The van der Waals surface area contributed by atoms with Gasteiger partial charge in [0.05, 0.1) is 18.3 Å². The molecule has 6 nitrogen and oxygen atoms in total. The molecule has 25 heavy (non-hydrogen) atoms. The van der Waals surface area contributed by atoms with E-state index in [-0.39, 0.29) is 17.4 Å². The molecule has 0 radical (unpaired) electrons. The number of fused-ring (bicyclic) bond motifs is 1. The molecule has 138 valence electrons. The van der Waals surface area contributed by atoms with Crippen molar-refractivity contribution in [2.45, 2.75) is 23.9 Å². The van der Waals surface area contributed by atoms with Gasteiger partial charge in [-0.05, 0) is 44.0 Å². The lowest BCUT2D eigenvalue weighted by Crippen LogP contribution is -2.42. The smallest absolute Gasteiger partial charge is 0.295 e. The zero-order chi connectivity index (χ0) is 18.1. The summed E-state index contributed by atoms with van der Waals surface area (Å²) in [6, 6.07) is 4.76. The first-order valence-corrected chi connectivity index (χ1v) is 9.96. The van der Waals surface area contributed by atoms with Gasteiger partial charge in [0.15, 0.2) is 0 Å². The molecule has 0 amide bonds. The fourth-order valence-corrected chi connectivity index (χ4v) is 4.79. The number of piperidine rings is 1. The molecule has 0 aliphatic carbocycles. The molecular weight excluding hydrogens is 377 g/mol. The molecular formula is C14H17F3N4O2S2. The van der Waals surface area contributed by atoms with E-state index in [9.17, 15) is 21.6 Å². The highest BCUT2D eigenvalue weighted by Gasteiger charge is 2.32. The zero-order valence-corrected chi connectivity index (χ0v) is 14.8. The second-order valence-electron chi connectivity index (χ2n) is 6.07. The maximum Gasteiger partial charge on any atom is 0.401 e. The molecule has 1 fully saturated rings. The third kappa shape index (κ3) is 4.66. The van der Waals surface area contributed by atoms with Crippen LogP contribution in [-0.4, -0.2) is 54.4 Å². The summed E-state index contributed by atoms with van der Waals surface area (Å²) in [7, 11) is -3.74. The number of nitrogens with one attached hydrogen (secondary N) is 1. The summed E-state index contributed by atoms with van der Waals surface area (Å²) in [6.07, 6.45) is -3.14. The second kappa shape index (κ2) is 7.14.